The molecule has 94 valence electrons. The summed E-state index contributed by atoms with van der Waals surface area (Å²) in [5, 5.41) is 0. The fraction of sp³-hybridized carbons (Fsp3) is 0.900. The Balaban J connectivity index is 2.50. The smallest absolute Gasteiger partial charge is 0.381 e. The van der Waals surface area contributed by atoms with Crippen molar-refractivity contribution in [1.29, 1.82) is 0 Å². The maximum Gasteiger partial charge on any atom is 0.471 e. The minimum atomic E-state index is -4.77. The molecule has 0 atom stereocenters. The fourth-order valence-electron chi connectivity index (χ4n) is 2.03. The van der Waals surface area contributed by atoms with Crippen LogP contribution in [0.15, 0.2) is 0 Å². The zero-order valence-electron chi connectivity index (χ0n) is 9.38. The second-order valence-corrected chi connectivity index (χ2v) is 4.08. The van der Waals surface area contributed by atoms with Crippen molar-refractivity contribution >= 4 is 5.91 Å². The number of methoxy groups -OCH3 is 1. The van der Waals surface area contributed by atoms with E-state index in [0.717, 1.165) is 4.90 Å². The number of halogens is 3. The van der Waals surface area contributed by atoms with Gasteiger partial charge in [0, 0.05) is 20.2 Å². The van der Waals surface area contributed by atoms with Gasteiger partial charge in [-0.3, -0.25) is 4.79 Å². The number of amides is 1. The van der Waals surface area contributed by atoms with Crippen LogP contribution in [0.1, 0.15) is 25.7 Å². The summed E-state index contributed by atoms with van der Waals surface area (Å²) >= 11 is 0. The van der Waals surface area contributed by atoms with Gasteiger partial charge in [0.15, 0.2) is 0 Å². The molecule has 0 heterocycles. The SMILES string of the molecule is CO[C@H]1CC[C@@H](N(C)C(=O)C(F)(F)F)CC1. The molecular weight excluding hydrogens is 223 g/mol. The average Bonchev–Trinajstić information content (AvgIpc) is 2.26. The van der Waals surface area contributed by atoms with Crippen LogP contribution in [-0.2, 0) is 9.53 Å². The van der Waals surface area contributed by atoms with Crippen molar-refractivity contribution in [3.05, 3.63) is 0 Å². The first kappa shape index (κ1) is 13.3. The lowest BCUT2D eigenvalue weighted by Gasteiger charge is -2.34. The van der Waals surface area contributed by atoms with E-state index in [4.69, 9.17) is 4.74 Å². The molecule has 0 N–H and O–H groups in total. The van der Waals surface area contributed by atoms with Crippen LogP contribution in [0.2, 0.25) is 0 Å². The van der Waals surface area contributed by atoms with Crippen molar-refractivity contribution in [1.82, 2.24) is 4.90 Å². The van der Waals surface area contributed by atoms with Crippen LogP contribution < -0.4 is 0 Å². The van der Waals surface area contributed by atoms with Crippen molar-refractivity contribution in [2.24, 2.45) is 0 Å². The van der Waals surface area contributed by atoms with Crippen LogP contribution in [0.3, 0.4) is 0 Å². The molecule has 0 saturated heterocycles. The number of alkyl halides is 3. The molecule has 0 aromatic heterocycles. The highest BCUT2D eigenvalue weighted by Crippen LogP contribution is 2.27. The lowest BCUT2D eigenvalue weighted by molar-refractivity contribution is -0.187. The van der Waals surface area contributed by atoms with Crippen LogP contribution >= 0.6 is 0 Å². The third kappa shape index (κ3) is 3.10. The predicted molar refractivity (Wildman–Crippen MR) is 51.9 cm³/mol. The number of nitrogens with zero attached hydrogens (tertiary/aromatic N) is 1. The molecule has 1 fully saturated rings. The Morgan fingerprint density at radius 3 is 2.12 bits per heavy atom. The maximum absolute atomic E-state index is 12.2. The first-order valence-electron chi connectivity index (χ1n) is 5.23. The van der Waals surface area contributed by atoms with Crippen molar-refractivity contribution in [3.63, 3.8) is 0 Å². The number of carbonyl (C=O) groups is 1. The zero-order chi connectivity index (χ0) is 12.3. The van der Waals surface area contributed by atoms with Gasteiger partial charge < -0.3 is 9.64 Å². The van der Waals surface area contributed by atoms with E-state index in [2.05, 4.69) is 0 Å². The minimum absolute atomic E-state index is 0.116. The second kappa shape index (κ2) is 5.03. The van der Waals surface area contributed by atoms with Crippen LogP contribution in [0.5, 0.6) is 0 Å². The molecule has 1 rings (SSSR count). The van der Waals surface area contributed by atoms with Crippen molar-refractivity contribution in [3.8, 4) is 0 Å². The van der Waals surface area contributed by atoms with Gasteiger partial charge in [-0.1, -0.05) is 0 Å². The van der Waals surface area contributed by atoms with Crippen molar-refractivity contribution in [2.75, 3.05) is 14.2 Å². The van der Waals surface area contributed by atoms with E-state index in [0.29, 0.717) is 25.7 Å². The highest BCUT2D eigenvalue weighted by molar-refractivity contribution is 5.81. The molecule has 0 radical (unpaired) electrons. The Labute approximate surface area is 92.5 Å². The summed E-state index contributed by atoms with van der Waals surface area (Å²) in [6.45, 7) is 0. The van der Waals surface area contributed by atoms with Crippen molar-refractivity contribution in [2.45, 2.75) is 44.0 Å². The predicted octanol–water partition coefficient (Wildman–Crippen LogP) is 1.96. The normalized spacial score (nSPS) is 26.6. The summed E-state index contributed by atoms with van der Waals surface area (Å²) in [4.78, 5) is 11.8. The van der Waals surface area contributed by atoms with E-state index in [1.807, 2.05) is 0 Å². The quantitative estimate of drug-likeness (QED) is 0.737. The lowest BCUT2D eigenvalue weighted by Crippen LogP contribution is -2.46. The van der Waals surface area contributed by atoms with Gasteiger partial charge in [0.05, 0.1) is 6.10 Å². The summed E-state index contributed by atoms with van der Waals surface area (Å²) in [7, 11) is 2.81. The van der Waals surface area contributed by atoms with Gasteiger partial charge in [0.1, 0.15) is 0 Å². The number of rotatable bonds is 2. The number of hydrogen-bond donors (Lipinski definition) is 0. The van der Waals surface area contributed by atoms with E-state index < -0.39 is 12.1 Å². The standard InChI is InChI=1S/C10H16F3NO2/c1-14(9(15)10(11,12)13)7-3-5-8(16-2)6-4-7/h7-8H,3-6H2,1-2H3/t7-,8+. The summed E-state index contributed by atoms with van der Waals surface area (Å²) in [5.41, 5.74) is 0. The van der Waals surface area contributed by atoms with Crippen LogP contribution in [-0.4, -0.2) is 43.3 Å². The maximum atomic E-state index is 12.2. The van der Waals surface area contributed by atoms with Gasteiger partial charge in [-0.25, -0.2) is 0 Å². The Bertz CT molecular complexity index is 247. The van der Waals surface area contributed by atoms with Crippen molar-refractivity contribution < 1.29 is 22.7 Å². The van der Waals surface area contributed by atoms with E-state index in [1.54, 1.807) is 7.11 Å². The molecular formula is C10H16F3NO2. The molecule has 3 nitrogen and oxygen atoms in total. The fourth-order valence-corrected chi connectivity index (χ4v) is 2.03. The molecule has 0 aromatic carbocycles. The highest BCUT2D eigenvalue weighted by Gasteiger charge is 2.43. The minimum Gasteiger partial charge on any atom is -0.381 e. The third-order valence-corrected chi connectivity index (χ3v) is 3.09. The summed E-state index contributed by atoms with van der Waals surface area (Å²) in [5.74, 6) is -1.76. The Kier molecular flexibility index (Phi) is 4.18. The van der Waals surface area contributed by atoms with Gasteiger partial charge in [-0.2, -0.15) is 13.2 Å². The molecule has 6 heteroatoms. The molecule has 0 bridgehead atoms. The van der Waals surface area contributed by atoms with E-state index >= 15 is 0 Å². The monoisotopic (exact) mass is 239 g/mol. The lowest BCUT2D eigenvalue weighted by atomic mass is 9.92. The number of carbonyl (C=O) groups excluding carboxylic acids is 1. The molecule has 1 saturated carbocycles. The largest absolute Gasteiger partial charge is 0.471 e. The van der Waals surface area contributed by atoms with Gasteiger partial charge in [0.25, 0.3) is 0 Å². The van der Waals surface area contributed by atoms with E-state index in [-0.39, 0.29) is 12.1 Å². The topological polar surface area (TPSA) is 29.5 Å². The molecule has 1 amide bonds. The molecule has 0 spiro atoms. The average molecular weight is 239 g/mol. The third-order valence-electron chi connectivity index (χ3n) is 3.09. The Morgan fingerprint density at radius 2 is 1.75 bits per heavy atom. The van der Waals surface area contributed by atoms with Gasteiger partial charge in [0.2, 0.25) is 0 Å². The highest BCUT2D eigenvalue weighted by atomic mass is 19.4. The molecule has 0 aliphatic heterocycles. The van der Waals surface area contributed by atoms with E-state index in [9.17, 15) is 18.0 Å². The molecule has 16 heavy (non-hydrogen) atoms. The zero-order valence-corrected chi connectivity index (χ0v) is 9.38. The van der Waals surface area contributed by atoms with Gasteiger partial charge in [-0.15, -0.1) is 0 Å². The summed E-state index contributed by atoms with van der Waals surface area (Å²) in [6.07, 6.45) is -2.11. The number of hydrogen-bond acceptors (Lipinski definition) is 2. The number of ether oxygens (including phenoxy) is 1. The Hall–Kier alpha value is -0.780. The van der Waals surface area contributed by atoms with Crippen LogP contribution in [0.4, 0.5) is 13.2 Å². The molecule has 1 aliphatic rings. The Morgan fingerprint density at radius 1 is 1.25 bits per heavy atom. The van der Waals surface area contributed by atoms with Gasteiger partial charge in [-0.05, 0) is 25.7 Å². The van der Waals surface area contributed by atoms with Gasteiger partial charge >= 0.3 is 12.1 Å². The summed E-state index contributed by atoms with van der Waals surface area (Å²) < 4.78 is 41.7. The van der Waals surface area contributed by atoms with Crippen LogP contribution in [0, 0.1) is 0 Å². The first-order chi connectivity index (χ1) is 7.36. The molecule has 0 unspecified atom stereocenters. The second-order valence-electron chi connectivity index (χ2n) is 4.08. The van der Waals surface area contributed by atoms with Crippen LogP contribution in [0.25, 0.3) is 0 Å². The van der Waals surface area contributed by atoms with E-state index in [1.165, 1.54) is 7.05 Å². The molecule has 1 aliphatic carbocycles. The molecule has 0 aromatic rings. The summed E-state index contributed by atoms with van der Waals surface area (Å²) in [6, 6.07) is -0.319. The first-order valence-corrected chi connectivity index (χ1v) is 5.23.